The molecular weight excluding hydrogens is 356 g/mol. The molecule has 0 aliphatic carbocycles. The number of carbonyl (C=O) groups is 3. The minimum Gasteiger partial charge on any atom is -0.427 e. The Kier molecular flexibility index (Phi) is 6.64. The average molecular weight is 381 g/mol. The maximum Gasteiger partial charge on any atom is 0.308 e. The number of nitrogens with one attached hydrogen (secondary N) is 1. The third kappa shape index (κ3) is 5.21. The molecule has 142 valence electrons. The van der Waals surface area contributed by atoms with Crippen LogP contribution >= 0.6 is 11.6 Å². The van der Waals surface area contributed by atoms with E-state index in [4.69, 9.17) is 16.3 Å². The van der Waals surface area contributed by atoms with E-state index < -0.39 is 11.4 Å². The van der Waals surface area contributed by atoms with Gasteiger partial charge in [-0.15, -0.1) is 11.6 Å². The highest BCUT2D eigenvalue weighted by molar-refractivity contribution is 6.19. The van der Waals surface area contributed by atoms with E-state index in [2.05, 4.69) is 5.32 Å². The molecule has 1 aliphatic rings. The van der Waals surface area contributed by atoms with Crippen LogP contribution in [0.5, 0.6) is 5.75 Å². The molecule has 0 radical (unpaired) electrons. The molecule has 1 aromatic rings. The summed E-state index contributed by atoms with van der Waals surface area (Å²) in [6.07, 6.45) is 1.39. The second-order valence-corrected chi connectivity index (χ2v) is 7.45. The SMILES string of the molecule is CC(=O)Oc1cccc(C(=O)N2CCC(NC(=O)C(C)(C)CCl)CC2)c1. The second kappa shape index (κ2) is 8.54. The van der Waals surface area contributed by atoms with Crippen molar-refractivity contribution in [2.75, 3.05) is 19.0 Å². The minimum atomic E-state index is -0.605. The van der Waals surface area contributed by atoms with Crippen molar-refractivity contribution in [1.82, 2.24) is 10.2 Å². The standard InChI is InChI=1S/C19H25ClN2O4/c1-13(23)26-16-6-4-5-14(11-16)17(24)22-9-7-15(8-10-22)21-18(25)19(2,3)12-20/h4-6,11,15H,7-10,12H2,1-3H3,(H,21,25). The van der Waals surface area contributed by atoms with Crippen molar-refractivity contribution < 1.29 is 19.1 Å². The summed E-state index contributed by atoms with van der Waals surface area (Å²) in [5.41, 5.74) is -0.124. The van der Waals surface area contributed by atoms with Crippen molar-refractivity contribution >= 4 is 29.4 Å². The number of carbonyl (C=O) groups excluding carboxylic acids is 3. The van der Waals surface area contributed by atoms with Crippen LogP contribution in [0.3, 0.4) is 0 Å². The lowest BCUT2D eigenvalue weighted by atomic mass is 9.93. The summed E-state index contributed by atoms with van der Waals surface area (Å²) in [6.45, 7) is 6.05. The highest BCUT2D eigenvalue weighted by Gasteiger charge is 2.30. The van der Waals surface area contributed by atoms with Crippen LogP contribution in [0, 0.1) is 5.41 Å². The predicted molar refractivity (Wildman–Crippen MR) is 99.3 cm³/mol. The third-order valence-electron chi connectivity index (χ3n) is 4.41. The van der Waals surface area contributed by atoms with Crippen LogP contribution in [0.1, 0.15) is 44.0 Å². The molecule has 1 N–H and O–H groups in total. The van der Waals surface area contributed by atoms with E-state index in [1.165, 1.54) is 6.92 Å². The molecule has 0 saturated carbocycles. The number of ether oxygens (including phenoxy) is 1. The number of esters is 1. The normalized spacial score (nSPS) is 15.5. The number of benzene rings is 1. The fourth-order valence-electron chi connectivity index (χ4n) is 2.71. The maximum atomic E-state index is 12.7. The Bertz CT molecular complexity index is 682. The first-order chi connectivity index (χ1) is 12.2. The summed E-state index contributed by atoms with van der Waals surface area (Å²) in [4.78, 5) is 37.7. The van der Waals surface area contributed by atoms with Crippen molar-refractivity contribution in [3.63, 3.8) is 0 Å². The van der Waals surface area contributed by atoms with Crippen molar-refractivity contribution in [3.8, 4) is 5.75 Å². The quantitative estimate of drug-likeness (QED) is 0.484. The molecule has 0 atom stereocenters. The molecule has 0 bridgehead atoms. The molecule has 1 fully saturated rings. The Morgan fingerprint density at radius 1 is 1.27 bits per heavy atom. The van der Waals surface area contributed by atoms with Gasteiger partial charge in [0.1, 0.15) is 5.75 Å². The topological polar surface area (TPSA) is 75.7 Å². The molecule has 1 saturated heterocycles. The molecule has 1 heterocycles. The summed E-state index contributed by atoms with van der Waals surface area (Å²) in [7, 11) is 0. The molecule has 2 amide bonds. The monoisotopic (exact) mass is 380 g/mol. The minimum absolute atomic E-state index is 0.0430. The van der Waals surface area contributed by atoms with Crippen LogP contribution in [0.4, 0.5) is 0 Å². The summed E-state index contributed by atoms with van der Waals surface area (Å²) in [5, 5.41) is 3.02. The second-order valence-electron chi connectivity index (χ2n) is 7.18. The van der Waals surface area contributed by atoms with Gasteiger partial charge in [0.25, 0.3) is 5.91 Å². The lowest BCUT2D eigenvalue weighted by Gasteiger charge is -2.34. The highest BCUT2D eigenvalue weighted by atomic mass is 35.5. The number of rotatable bonds is 5. The number of piperidine rings is 1. The Hall–Kier alpha value is -2.08. The largest absolute Gasteiger partial charge is 0.427 e. The van der Waals surface area contributed by atoms with Crippen molar-refractivity contribution in [2.45, 2.75) is 39.7 Å². The zero-order valence-corrected chi connectivity index (χ0v) is 16.1. The van der Waals surface area contributed by atoms with Crippen LogP contribution in [0.25, 0.3) is 0 Å². The van der Waals surface area contributed by atoms with E-state index >= 15 is 0 Å². The Balaban J connectivity index is 1.92. The van der Waals surface area contributed by atoms with Gasteiger partial charge in [0, 0.05) is 37.5 Å². The van der Waals surface area contributed by atoms with E-state index in [0.717, 1.165) is 0 Å². The molecule has 0 aromatic heterocycles. The summed E-state index contributed by atoms with van der Waals surface area (Å²) in [6, 6.07) is 6.64. The van der Waals surface area contributed by atoms with Gasteiger partial charge >= 0.3 is 5.97 Å². The molecule has 0 unspecified atom stereocenters. The smallest absolute Gasteiger partial charge is 0.308 e. The first-order valence-electron chi connectivity index (χ1n) is 8.67. The van der Waals surface area contributed by atoms with Gasteiger partial charge in [-0.25, -0.2) is 0 Å². The van der Waals surface area contributed by atoms with Crippen molar-refractivity contribution in [1.29, 1.82) is 0 Å². The van der Waals surface area contributed by atoms with E-state index in [1.807, 2.05) is 13.8 Å². The van der Waals surface area contributed by atoms with E-state index in [-0.39, 0.29) is 23.7 Å². The molecular formula is C19H25ClN2O4. The van der Waals surface area contributed by atoms with Crippen molar-refractivity contribution in [2.24, 2.45) is 5.41 Å². The zero-order chi connectivity index (χ0) is 19.3. The lowest BCUT2D eigenvalue weighted by Crippen LogP contribution is -2.49. The molecule has 7 heteroatoms. The molecule has 1 aromatic carbocycles. The predicted octanol–water partition coefficient (Wildman–Crippen LogP) is 2.60. The lowest BCUT2D eigenvalue weighted by molar-refractivity contribution is -0.132. The zero-order valence-electron chi connectivity index (χ0n) is 15.4. The fraction of sp³-hybridized carbons (Fsp3) is 0.526. The van der Waals surface area contributed by atoms with Gasteiger partial charge in [-0.2, -0.15) is 0 Å². The number of halogens is 1. The molecule has 26 heavy (non-hydrogen) atoms. The van der Waals surface area contributed by atoms with Crippen LogP contribution in [0.15, 0.2) is 24.3 Å². The number of amides is 2. The summed E-state index contributed by atoms with van der Waals surface area (Å²) >= 11 is 5.84. The number of alkyl halides is 1. The van der Waals surface area contributed by atoms with Crippen LogP contribution < -0.4 is 10.1 Å². The van der Waals surface area contributed by atoms with Crippen molar-refractivity contribution in [3.05, 3.63) is 29.8 Å². The molecule has 2 rings (SSSR count). The van der Waals surface area contributed by atoms with Gasteiger partial charge in [-0.05, 0) is 44.9 Å². The van der Waals surface area contributed by atoms with Crippen LogP contribution in [-0.2, 0) is 9.59 Å². The number of hydrogen-bond acceptors (Lipinski definition) is 4. The molecule has 6 nitrogen and oxygen atoms in total. The first kappa shape index (κ1) is 20.2. The maximum absolute atomic E-state index is 12.7. The van der Waals surface area contributed by atoms with E-state index in [9.17, 15) is 14.4 Å². The fourth-order valence-corrected chi connectivity index (χ4v) is 2.83. The van der Waals surface area contributed by atoms with Gasteiger partial charge in [-0.1, -0.05) is 6.07 Å². The first-order valence-corrected chi connectivity index (χ1v) is 9.21. The van der Waals surface area contributed by atoms with Gasteiger partial charge in [0.2, 0.25) is 5.91 Å². The number of hydrogen-bond donors (Lipinski definition) is 1. The van der Waals surface area contributed by atoms with Gasteiger partial charge < -0.3 is 15.0 Å². The highest BCUT2D eigenvalue weighted by Crippen LogP contribution is 2.21. The van der Waals surface area contributed by atoms with Gasteiger partial charge in [0.15, 0.2) is 0 Å². The van der Waals surface area contributed by atoms with Gasteiger partial charge in [0.05, 0.1) is 5.41 Å². The van der Waals surface area contributed by atoms with Crippen LogP contribution in [-0.4, -0.2) is 47.7 Å². The Morgan fingerprint density at radius 2 is 1.92 bits per heavy atom. The molecule has 1 aliphatic heterocycles. The Labute approximate surface area is 158 Å². The van der Waals surface area contributed by atoms with E-state index in [1.54, 1.807) is 29.2 Å². The summed E-state index contributed by atoms with van der Waals surface area (Å²) in [5.74, 6) is 0.0190. The average Bonchev–Trinajstić information content (AvgIpc) is 2.61. The van der Waals surface area contributed by atoms with Gasteiger partial charge in [-0.3, -0.25) is 14.4 Å². The van der Waals surface area contributed by atoms with E-state index in [0.29, 0.717) is 37.2 Å². The number of nitrogens with zero attached hydrogens (tertiary/aromatic N) is 1. The Morgan fingerprint density at radius 3 is 2.50 bits per heavy atom. The number of likely N-dealkylation sites (tertiary alicyclic amines) is 1. The van der Waals surface area contributed by atoms with Crippen LogP contribution in [0.2, 0.25) is 0 Å². The summed E-state index contributed by atoms with van der Waals surface area (Å²) < 4.78 is 5.03. The molecule has 0 spiro atoms. The third-order valence-corrected chi connectivity index (χ3v) is 5.08.